The molecule has 0 saturated carbocycles. The fourth-order valence-corrected chi connectivity index (χ4v) is 4.60. The molecule has 0 spiro atoms. The Labute approximate surface area is 214 Å². The van der Waals surface area contributed by atoms with Crippen molar-refractivity contribution < 1.29 is 19.1 Å². The van der Waals surface area contributed by atoms with Crippen molar-refractivity contribution in [2.45, 2.75) is 25.0 Å². The largest absolute Gasteiger partial charge is 0.496 e. The van der Waals surface area contributed by atoms with Gasteiger partial charge in [0.15, 0.2) is 0 Å². The van der Waals surface area contributed by atoms with Gasteiger partial charge in [-0.3, -0.25) is 14.6 Å². The molecule has 2 amide bonds. The zero-order valence-corrected chi connectivity index (χ0v) is 21.0. The summed E-state index contributed by atoms with van der Waals surface area (Å²) in [6.07, 6.45) is 2.51. The number of benzene rings is 2. The Balaban J connectivity index is 1.32. The summed E-state index contributed by atoms with van der Waals surface area (Å²) in [6, 6.07) is 12.3. The van der Waals surface area contributed by atoms with Crippen molar-refractivity contribution in [1.82, 2.24) is 15.2 Å². The Morgan fingerprint density at radius 2 is 2.06 bits per heavy atom. The molecule has 2 atom stereocenters. The number of halogens is 1. The molecule has 1 aliphatic rings. The highest BCUT2D eigenvalue weighted by Crippen LogP contribution is 2.29. The van der Waals surface area contributed by atoms with Gasteiger partial charge in [0.2, 0.25) is 5.91 Å². The number of aromatic nitrogens is 1. The van der Waals surface area contributed by atoms with E-state index in [1.807, 2.05) is 30.3 Å². The van der Waals surface area contributed by atoms with Crippen LogP contribution in [0.5, 0.6) is 5.75 Å². The van der Waals surface area contributed by atoms with E-state index in [2.05, 4.69) is 20.5 Å². The third kappa shape index (κ3) is 5.87. The number of fused-ring (bicyclic) bond motifs is 1. The number of methoxy groups -OCH3 is 2. The topological polar surface area (TPSA) is 119 Å². The number of hydrogen-bond acceptors (Lipinski definition) is 7. The van der Waals surface area contributed by atoms with Crippen molar-refractivity contribution in [3.05, 3.63) is 59.2 Å². The molecule has 10 heteroatoms. The summed E-state index contributed by atoms with van der Waals surface area (Å²) in [4.78, 5) is 32.1. The fourth-order valence-electron chi connectivity index (χ4n) is 4.43. The number of hydrogen-bond donors (Lipinski definition) is 3. The van der Waals surface area contributed by atoms with Crippen molar-refractivity contribution in [2.24, 2.45) is 0 Å². The number of piperidine rings is 1. The maximum absolute atomic E-state index is 13.0. The van der Waals surface area contributed by atoms with E-state index < -0.39 is 0 Å². The summed E-state index contributed by atoms with van der Waals surface area (Å²) in [5, 5.41) is 7.23. The van der Waals surface area contributed by atoms with Gasteiger partial charge in [0.25, 0.3) is 5.91 Å². The van der Waals surface area contributed by atoms with Gasteiger partial charge >= 0.3 is 0 Å². The summed E-state index contributed by atoms with van der Waals surface area (Å²) in [5.74, 6) is -0.0185. The van der Waals surface area contributed by atoms with E-state index in [1.165, 1.54) is 19.2 Å². The molecule has 1 saturated heterocycles. The molecule has 1 fully saturated rings. The zero-order chi connectivity index (χ0) is 25.7. The lowest BCUT2D eigenvalue weighted by Crippen LogP contribution is -2.55. The predicted octanol–water partition coefficient (Wildman–Crippen LogP) is 3.33. The number of nitrogen functional groups attached to an aromatic ring is 1. The number of rotatable bonds is 8. The zero-order valence-electron chi connectivity index (χ0n) is 20.3. The van der Waals surface area contributed by atoms with Gasteiger partial charge in [-0.2, -0.15) is 0 Å². The summed E-state index contributed by atoms with van der Waals surface area (Å²) in [6.45, 7) is 1.89. The molecule has 0 bridgehead atoms. The Hall–Kier alpha value is -3.40. The lowest BCUT2D eigenvalue weighted by Gasteiger charge is -2.38. The number of likely N-dealkylation sites (tertiary alicyclic amines) is 1. The normalized spacial score (nSPS) is 18.1. The number of ether oxygens (including phenoxy) is 2. The summed E-state index contributed by atoms with van der Waals surface area (Å²) >= 11 is 6.12. The second-order valence-electron chi connectivity index (χ2n) is 8.69. The first-order chi connectivity index (χ1) is 17.4. The molecule has 0 unspecified atom stereocenters. The lowest BCUT2D eigenvalue weighted by molar-refractivity contribution is -0.116. The molecule has 0 aliphatic carbocycles. The van der Waals surface area contributed by atoms with Crippen LogP contribution in [0.2, 0.25) is 5.02 Å². The van der Waals surface area contributed by atoms with Gasteiger partial charge < -0.3 is 30.7 Å². The van der Waals surface area contributed by atoms with Gasteiger partial charge in [-0.15, -0.1) is 0 Å². The Morgan fingerprint density at radius 3 is 2.83 bits per heavy atom. The van der Waals surface area contributed by atoms with Crippen LogP contribution in [0, 0.1) is 0 Å². The maximum atomic E-state index is 13.0. The van der Waals surface area contributed by atoms with Crippen molar-refractivity contribution >= 4 is 45.7 Å². The lowest BCUT2D eigenvalue weighted by atomic mass is 10.0. The SMILES string of the molecule is COc1cc(N)c(Cl)cc1C(=O)N[C@@H]1CCN(CCC(=O)Nc2cccc3ncccc23)C[C@@H]1OC. The minimum atomic E-state index is -0.307. The summed E-state index contributed by atoms with van der Waals surface area (Å²) in [5.41, 5.74) is 8.07. The van der Waals surface area contributed by atoms with E-state index in [-0.39, 0.29) is 29.0 Å². The van der Waals surface area contributed by atoms with E-state index in [0.717, 1.165) is 23.1 Å². The smallest absolute Gasteiger partial charge is 0.255 e. The molecule has 0 radical (unpaired) electrons. The average Bonchev–Trinajstić information content (AvgIpc) is 2.89. The van der Waals surface area contributed by atoms with Crippen LogP contribution in [-0.2, 0) is 9.53 Å². The van der Waals surface area contributed by atoms with Gasteiger partial charge in [0, 0.05) is 50.8 Å². The van der Waals surface area contributed by atoms with Crippen LogP contribution in [0.15, 0.2) is 48.7 Å². The molecule has 2 heterocycles. The standard InChI is InChI=1S/C26H30ClN5O4/c1-35-23-14-19(28)18(27)13-17(23)26(34)31-22-8-11-32(15-24(22)36-2)12-9-25(33)30-21-7-3-6-20-16(21)5-4-10-29-20/h3-7,10,13-14,22,24H,8-9,11-12,15,28H2,1-2H3,(H,30,33)(H,31,34)/t22-,24+/m1/s1. The van der Waals surface area contributed by atoms with E-state index in [9.17, 15) is 9.59 Å². The fraction of sp³-hybridized carbons (Fsp3) is 0.346. The predicted molar refractivity (Wildman–Crippen MR) is 141 cm³/mol. The van der Waals surface area contributed by atoms with Crippen LogP contribution in [0.25, 0.3) is 10.9 Å². The highest BCUT2D eigenvalue weighted by Gasteiger charge is 2.31. The third-order valence-corrected chi connectivity index (χ3v) is 6.73. The monoisotopic (exact) mass is 511 g/mol. The first-order valence-electron chi connectivity index (χ1n) is 11.7. The molecule has 190 valence electrons. The molecule has 9 nitrogen and oxygen atoms in total. The molecule has 4 rings (SSSR count). The van der Waals surface area contributed by atoms with Gasteiger partial charge in [-0.25, -0.2) is 0 Å². The van der Waals surface area contributed by atoms with Crippen molar-refractivity contribution in [3.8, 4) is 5.75 Å². The van der Waals surface area contributed by atoms with Crippen LogP contribution in [-0.4, -0.2) is 67.7 Å². The Bertz CT molecular complexity index is 1250. The molecule has 36 heavy (non-hydrogen) atoms. The molecular formula is C26H30ClN5O4. The van der Waals surface area contributed by atoms with Crippen molar-refractivity contribution in [2.75, 3.05) is 44.9 Å². The van der Waals surface area contributed by atoms with E-state index in [0.29, 0.717) is 42.9 Å². The average molecular weight is 512 g/mol. The molecule has 3 aromatic rings. The van der Waals surface area contributed by atoms with E-state index in [1.54, 1.807) is 13.3 Å². The number of amides is 2. The first-order valence-corrected chi connectivity index (χ1v) is 12.1. The van der Waals surface area contributed by atoms with Crippen molar-refractivity contribution in [1.29, 1.82) is 0 Å². The van der Waals surface area contributed by atoms with Crippen LogP contribution in [0.3, 0.4) is 0 Å². The number of carbonyl (C=O) groups is 2. The second kappa shape index (κ2) is 11.6. The maximum Gasteiger partial charge on any atom is 0.255 e. The second-order valence-corrected chi connectivity index (χ2v) is 9.10. The third-order valence-electron chi connectivity index (χ3n) is 6.40. The number of nitrogens with one attached hydrogen (secondary N) is 2. The molecular weight excluding hydrogens is 482 g/mol. The van der Waals surface area contributed by atoms with Crippen LogP contribution >= 0.6 is 11.6 Å². The number of nitrogens with two attached hydrogens (primary N) is 1. The Kier molecular flexibility index (Phi) is 8.25. The van der Waals surface area contributed by atoms with Crippen molar-refractivity contribution in [3.63, 3.8) is 0 Å². The molecule has 1 aliphatic heterocycles. The number of nitrogens with zero attached hydrogens (tertiary/aromatic N) is 2. The van der Waals surface area contributed by atoms with Crippen LogP contribution in [0.4, 0.5) is 11.4 Å². The number of anilines is 2. The van der Waals surface area contributed by atoms with Gasteiger partial charge in [-0.1, -0.05) is 17.7 Å². The summed E-state index contributed by atoms with van der Waals surface area (Å²) < 4.78 is 11.0. The minimum absolute atomic E-state index is 0.0666. The number of pyridine rings is 1. The van der Waals surface area contributed by atoms with Crippen LogP contribution < -0.4 is 21.1 Å². The highest BCUT2D eigenvalue weighted by atomic mass is 35.5. The van der Waals surface area contributed by atoms with Gasteiger partial charge in [0.05, 0.1) is 46.7 Å². The Morgan fingerprint density at radius 1 is 1.22 bits per heavy atom. The highest BCUT2D eigenvalue weighted by molar-refractivity contribution is 6.33. The molecule has 1 aromatic heterocycles. The van der Waals surface area contributed by atoms with Gasteiger partial charge in [0.1, 0.15) is 5.75 Å². The quantitative estimate of drug-likeness (QED) is 0.397. The minimum Gasteiger partial charge on any atom is -0.496 e. The molecule has 2 aromatic carbocycles. The number of carbonyl (C=O) groups excluding carboxylic acids is 2. The van der Waals surface area contributed by atoms with E-state index in [4.69, 9.17) is 26.8 Å². The summed E-state index contributed by atoms with van der Waals surface area (Å²) in [7, 11) is 3.10. The first kappa shape index (κ1) is 25.7. The van der Waals surface area contributed by atoms with E-state index >= 15 is 0 Å². The van der Waals surface area contributed by atoms with Gasteiger partial charge in [-0.05, 0) is 36.8 Å². The molecule has 4 N–H and O–H groups in total. The van der Waals surface area contributed by atoms with Crippen LogP contribution in [0.1, 0.15) is 23.2 Å².